The van der Waals surface area contributed by atoms with Crippen LogP contribution in [0.2, 0.25) is 5.28 Å². The molecule has 0 fully saturated rings. The van der Waals surface area contributed by atoms with E-state index in [4.69, 9.17) is 21.1 Å². The first-order chi connectivity index (χ1) is 9.49. The standard InChI is InChI=1S/C10H6ClFN4O4/c1-19-9-13-8(11)14-10(15-9)20-7-3-2-5(16(17)18)4-6(7)12/h2-4H,1H3. The molecule has 2 aromatic rings. The number of hydrogen-bond donors (Lipinski definition) is 0. The molecular weight excluding hydrogens is 295 g/mol. The summed E-state index contributed by atoms with van der Waals surface area (Å²) in [5, 5.41) is 10.3. The minimum absolute atomic E-state index is 0.109. The monoisotopic (exact) mass is 300 g/mol. The van der Waals surface area contributed by atoms with Gasteiger partial charge in [0, 0.05) is 6.07 Å². The maximum Gasteiger partial charge on any atom is 0.329 e. The SMILES string of the molecule is COc1nc(Cl)nc(Oc2ccc([N+](=O)[O-])cc2F)n1. The van der Waals surface area contributed by atoms with Gasteiger partial charge in [0.2, 0.25) is 5.28 Å². The number of benzene rings is 1. The molecule has 0 bridgehead atoms. The predicted molar refractivity (Wildman–Crippen MR) is 64.5 cm³/mol. The van der Waals surface area contributed by atoms with Gasteiger partial charge >= 0.3 is 12.0 Å². The van der Waals surface area contributed by atoms with Gasteiger partial charge in [0.25, 0.3) is 5.69 Å². The van der Waals surface area contributed by atoms with E-state index < -0.39 is 16.4 Å². The molecule has 1 aromatic heterocycles. The van der Waals surface area contributed by atoms with Crippen LogP contribution < -0.4 is 9.47 Å². The Balaban J connectivity index is 2.30. The highest BCUT2D eigenvalue weighted by Crippen LogP contribution is 2.26. The van der Waals surface area contributed by atoms with E-state index in [9.17, 15) is 14.5 Å². The van der Waals surface area contributed by atoms with Gasteiger partial charge < -0.3 is 9.47 Å². The van der Waals surface area contributed by atoms with Crippen LogP contribution >= 0.6 is 11.6 Å². The molecule has 0 aliphatic rings. The number of halogens is 2. The van der Waals surface area contributed by atoms with Crippen molar-refractivity contribution in [1.29, 1.82) is 0 Å². The van der Waals surface area contributed by atoms with E-state index in [-0.39, 0.29) is 23.1 Å². The van der Waals surface area contributed by atoms with E-state index in [0.29, 0.717) is 0 Å². The average molecular weight is 301 g/mol. The molecule has 0 aliphatic heterocycles. The highest BCUT2D eigenvalue weighted by molar-refractivity contribution is 6.28. The third-order valence-electron chi connectivity index (χ3n) is 2.08. The molecule has 0 radical (unpaired) electrons. The molecule has 2 rings (SSSR count). The van der Waals surface area contributed by atoms with E-state index in [0.717, 1.165) is 18.2 Å². The first-order valence-corrected chi connectivity index (χ1v) is 5.44. The number of rotatable bonds is 4. The Morgan fingerprint density at radius 3 is 2.60 bits per heavy atom. The zero-order valence-corrected chi connectivity index (χ0v) is 10.7. The van der Waals surface area contributed by atoms with Gasteiger partial charge in [0.15, 0.2) is 11.6 Å². The van der Waals surface area contributed by atoms with Crippen LogP contribution in [0.5, 0.6) is 17.8 Å². The molecule has 10 heteroatoms. The summed E-state index contributed by atoms with van der Waals surface area (Å²) in [5.41, 5.74) is -0.402. The summed E-state index contributed by atoms with van der Waals surface area (Å²) in [4.78, 5) is 20.7. The number of nitrogens with zero attached hydrogens (tertiary/aromatic N) is 4. The van der Waals surface area contributed by atoms with Crippen LogP contribution in [0, 0.1) is 15.9 Å². The van der Waals surface area contributed by atoms with Crippen molar-refractivity contribution in [2.24, 2.45) is 0 Å². The van der Waals surface area contributed by atoms with Gasteiger partial charge in [-0.2, -0.15) is 9.97 Å². The summed E-state index contributed by atoms with van der Waals surface area (Å²) in [7, 11) is 1.31. The lowest BCUT2D eigenvalue weighted by molar-refractivity contribution is -0.385. The van der Waals surface area contributed by atoms with Gasteiger partial charge in [-0.05, 0) is 17.7 Å². The predicted octanol–water partition coefficient (Wildman–Crippen LogP) is 2.37. The van der Waals surface area contributed by atoms with Crippen molar-refractivity contribution in [3.8, 4) is 17.8 Å². The van der Waals surface area contributed by atoms with E-state index in [1.807, 2.05) is 0 Å². The van der Waals surface area contributed by atoms with Gasteiger partial charge in [-0.15, -0.1) is 4.98 Å². The minimum atomic E-state index is -0.935. The molecular formula is C10H6ClFN4O4. The van der Waals surface area contributed by atoms with Gasteiger partial charge in [-0.1, -0.05) is 0 Å². The van der Waals surface area contributed by atoms with Gasteiger partial charge in [0.1, 0.15) is 0 Å². The largest absolute Gasteiger partial charge is 0.467 e. The highest BCUT2D eigenvalue weighted by Gasteiger charge is 2.14. The Bertz CT molecular complexity index is 670. The fourth-order valence-corrected chi connectivity index (χ4v) is 1.38. The third kappa shape index (κ3) is 3.06. The lowest BCUT2D eigenvalue weighted by Gasteiger charge is -2.05. The summed E-state index contributed by atoms with van der Waals surface area (Å²) in [6.07, 6.45) is 0. The molecule has 0 aliphatic carbocycles. The minimum Gasteiger partial charge on any atom is -0.467 e. The molecule has 0 amide bonds. The second-order valence-electron chi connectivity index (χ2n) is 3.35. The molecule has 0 saturated carbocycles. The molecule has 0 spiro atoms. The zero-order chi connectivity index (χ0) is 14.7. The maximum atomic E-state index is 13.6. The van der Waals surface area contributed by atoms with Crippen molar-refractivity contribution in [2.75, 3.05) is 7.11 Å². The Kier molecular flexibility index (Phi) is 3.89. The van der Waals surface area contributed by atoms with Crippen molar-refractivity contribution in [1.82, 2.24) is 15.0 Å². The lowest BCUT2D eigenvalue weighted by Crippen LogP contribution is -2.00. The second-order valence-corrected chi connectivity index (χ2v) is 3.69. The molecule has 0 saturated heterocycles. The van der Waals surface area contributed by atoms with E-state index in [1.54, 1.807) is 0 Å². The quantitative estimate of drug-likeness (QED) is 0.631. The smallest absolute Gasteiger partial charge is 0.329 e. The number of ether oxygens (including phenoxy) is 2. The zero-order valence-electron chi connectivity index (χ0n) is 9.91. The van der Waals surface area contributed by atoms with Crippen LogP contribution in [0.25, 0.3) is 0 Å². The van der Waals surface area contributed by atoms with Gasteiger partial charge in [0.05, 0.1) is 18.1 Å². The summed E-state index contributed by atoms with van der Waals surface area (Å²) in [6.45, 7) is 0. The number of nitro groups is 1. The molecule has 20 heavy (non-hydrogen) atoms. The Morgan fingerprint density at radius 2 is 2.00 bits per heavy atom. The van der Waals surface area contributed by atoms with Crippen LogP contribution in [0.3, 0.4) is 0 Å². The van der Waals surface area contributed by atoms with E-state index >= 15 is 0 Å². The van der Waals surface area contributed by atoms with E-state index in [1.165, 1.54) is 7.11 Å². The van der Waals surface area contributed by atoms with Crippen LogP contribution in [0.15, 0.2) is 18.2 Å². The molecule has 0 N–H and O–H groups in total. The average Bonchev–Trinajstić information content (AvgIpc) is 2.40. The van der Waals surface area contributed by atoms with Gasteiger partial charge in [-0.25, -0.2) is 4.39 Å². The Hall–Kier alpha value is -2.55. The molecule has 1 heterocycles. The maximum absolute atomic E-state index is 13.6. The van der Waals surface area contributed by atoms with Crippen molar-refractivity contribution in [3.05, 3.63) is 39.4 Å². The summed E-state index contributed by atoms with van der Waals surface area (Å²) in [5.74, 6) is -1.23. The number of hydrogen-bond acceptors (Lipinski definition) is 7. The summed E-state index contributed by atoms with van der Waals surface area (Å²) >= 11 is 5.60. The third-order valence-corrected chi connectivity index (χ3v) is 2.25. The number of aromatic nitrogens is 3. The van der Waals surface area contributed by atoms with Gasteiger partial charge in [-0.3, -0.25) is 10.1 Å². The lowest BCUT2D eigenvalue weighted by atomic mass is 10.3. The molecule has 1 aromatic carbocycles. The number of methoxy groups -OCH3 is 1. The topological polar surface area (TPSA) is 100 Å². The first kappa shape index (κ1) is 13.9. The highest BCUT2D eigenvalue weighted by atomic mass is 35.5. The van der Waals surface area contributed by atoms with Crippen LogP contribution in [0.4, 0.5) is 10.1 Å². The van der Waals surface area contributed by atoms with Crippen molar-refractivity contribution >= 4 is 17.3 Å². The molecule has 0 unspecified atom stereocenters. The van der Waals surface area contributed by atoms with Crippen LogP contribution in [-0.2, 0) is 0 Å². The van der Waals surface area contributed by atoms with Crippen LogP contribution in [-0.4, -0.2) is 27.0 Å². The number of non-ortho nitro benzene ring substituents is 1. The normalized spacial score (nSPS) is 10.2. The Morgan fingerprint density at radius 1 is 1.30 bits per heavy atom. The molecule has 104 valence electrons. The van der Waals surface area contributed by atoms with Crippen LogP contribution in [0.1, 0.15) is 0 Å². The van der Waals surface area contributed by atoms with E-state index in [2.05, 4.69) is 15.0 Å². The molecule has 0 atom stereocenters. The fourth-order valence-electron chi connectivity index (χ4n) is 1.24. The summed E-state index contributed by atoms with van der Waals surface area (Å²) < 4.78 is 23.4. The summed E-state index contributed by atoms with van der Waals surface area (Å²) in [6, 6.07) is 2.47. The molecule has 8 nitrogen and oxygen atoms in total. The second kappa shape index (κ2) is 5.61. The van der Waals surface area contributed by atoms with Crippen molar-refractivity contribution in [2.45, 2.75) is 0 Å². The fraction of sp³-hybridized carbons (Fsp3) is 0.100. The van der Waals surface area contributed by atoms with Crippen molar-refractivity contribution < 1.29 is 18.8 Å². The van der Waals surface area contributed by atoms with Crippen molar-refractivity contribution in [3.63, 3.8) is 0 Å². The first-order valence-electron chi connectivity index (χ1n) is 5.07. The number of nitro benzene ring substituents is 1. The Labute approximate surface area is 116 Å².